The Morgan fingerprint density at radius 1 is 1.19 bits per heavy atom. The molecule has 8 nitrogen and oxygen atoms in total. The highest BCUT2D eigenvalue weighted by Gasteiger charge is 2.23. The molecule has 1 aromatic carbocycles. The number of hydrogen-bond acceptors (Lipinski definition) is 5. The van der Waals surface area contributed by atoms with Crippen molar-refractivity contribution in [1.29, 1.82) is 0 Å². The third kappa shape index (κ3) is 3.93. The molecule has 3 aromatic heterocycles. The quantitative estimate of drug-likeness (QED) is 0.491. The lowest BCUT2D eigenvalue weighted by atomic mass is 10.2. The third-order valence-corrected chi connectivity index (χ3v) is 5.17. The Balaban J connectivity index is 1.55. The number of amides is 1. The van der Waals surface area contributed by atoms with E-state index in [-0.39, 0.29) is 17.6 Å². The number of furan rings is 1. The Kier molecular flexibility index (Phi) is 5.54. The number of fused-ring (bicyclic) bond motifs is 3. The third-order valence-electron chi connectivity index (χ3n) is 5.17. The van der Waals surface area contributed by atoms with Crippen LogP contribution < -0.4 is 15.6 Å². The van der Waals surface area contributed by atoms with E-state index in [9.17, 15) is 9.59 Å². The molecule has 0 saturated carbocycles. The summed E-state index contributed by atoms with van der Waals surface area (Å²) in [7, 11) is 0. The van der Waals surface area contributed by atoms with E-state index in [0.29, 0.717) is 29.9 Å². The molecule has 1 amide bonds. The van der Waals surface area contributed by atoms with Crippen LogP contribution in [0.3, 0.4) is 0 Å². The van der Waals surface area contributed by atoms with E-state index in [1.54, 1.807) is 29.7 Å². The average molecular weight is 422 g/mol. The molecule has 8 heteroatoms. The molecule has 0 saturated heterocycles. The molecular weight excluding hydrogens is 396 g/mol. The van der Waals surface area contributed by atoms with E-state index < -0.39 is 6.04 Å². The number of nitrogens with one attached hydrogen (secondary N) is 1. The van der Waals surface area contributed by atoms with Crippen LogP contribution in [0, 0.1) is 6.92 Å². The monoisotopic (exact) mass is 422 g/mol. The van der Waals surface area contributed by atoms with Crippen LogP contribution in [0.4, 0.5) is 0 Å². The number of aryl methyl sites for hydroxylation is 1. The summed E-state index contributed by atoms with van der Waals surface area (Å²) in [4.78, 5) is 26.0. The molecule has 0 aliphatic heterocycles. The van der Waals surface area contributed by atoms with Crippen LogP contribution in [-0.2, 0) is 11.3 Å². The fourth-order valence-corrected chi connectivity index (χ4v) is 3.74. The molecule has 4 rings (SSSR count). The molecule has 1 atom stereocenters. The molecule has 0 radical (unpaired) electrons. The van der Waals surface area contributed by atoms with E-state index in [4.69, 9.17) is 9.15 Å². The summed E-state index contributed by atoms with van der Waals surface area (Å²) in [6.07, 6.45) is 2.12. The summed E-state index contributed by atoms with van der Waals surface area (Å²) in [5, 5.41) is 7.36. The van der Waals surface area contributed by atoms with Gasteiger partial charge in [0, 0.05) is 18.7 Å². The molecule has 0 bridgehead atoms. The van der Waals surface area contributed by atoms with Gasteiger partial charge in [-0.25, -0.2) is 4.68 Å². The van der Waals surface area contributed by atoms with E-state index in [1.807, 2.05) is 45.0 Å². The average Bonchev–Trinajstić information content (AvgIpc) is 3.32. The van der Waals surface area contributed by atoms with Crippen molar-refractivity contribution >= 4 is 22.5 Å². The van der Waals surface area contributed by atoms with Crippen molar-refractivity contribution in [2.75, 3.05) is 0 Å². The first kappa shape index (κ1) is 20.7. The van der Waals surface area contributed by atoms with Crippen LogP contribution in [-0.4, -0.2) is 26.2 Å². The van der Waals surface area contributed by atoms with E-state index in [1.165, 1.54) is 4.68 Å². The molecule has 1 unspecified atom stereocenters. The molecule has 0 fully saturated rings. The van der Waals surface area contributed by atoms with Crippen molar-refractivity contribution < 1.29 is 13.9 Å². The highest BCUT2D eigenvalue weighted by molar-refractivity contribution is 5.83. The number of aromatic nitrogens is 3. The van der Waals surface area contributed by atoms with Gasteiger partial charge >= 0.3 is 0 Å². The van der Waals surface area contributed by atoms with Gasteiger partial charge in [0.05, 0.1) is 17.9 Å². The number of rotatable bonds is 7. The standard InChI is InChI=1S/C23H26N4O4/c1-5-18(22(28)24-13-16-6-8-17(9-7-16)31-14(2)3)27-23(29)20-12-21-19(10-11-30-21)26(20)15(4)25-27/h6-12,14,18H,5,13H2,1-4H3,(H,24,28). The smallest absolute Gasteiger partial charge is 0.291 e. The predicted molar refractivity (Wildman–Crippen MR) is 117 cm³/mol. The lowest BCUT2D eigenvalue weighted by Gasteiger charge is -2.18. The van der Waals surface area contributed by atoms with Gasteiger partial charge in [0.15, 0.2) is 5.58 Å². The number of hydrogen-bond donors (Lipinski definition) is 1. The molecule has 4 aromatic rings. The maximum absolute atomic E-state index is 13.1. The first-order valence-electron chi connectivity index (χ1n) is 10.4. The zero-order chi connectivity index (χ0) is 22.1. The molecule has 31 heavy (non-hydrogen) atoms. The van der Waals surface area contributed by atoms with Gasteiger partial charge in [0.1, 0.15) is 23.1 Å². The minimum atomic E-state index is -0.707. The zero-order valence-corrected chi connectivity index (χ0v) is 18.1. The normalized spacial score (nSPS) is 12.5. The van der Waals surface area contributed by atoms with Crippen molar-refractivity contribution in [2.45, 2.75) is 52.8 Å². The minimum Gasteiger partial charge on any atom is -0.491 e. The lowest BCUT2D eigenvalue weighted by molar-refractivity contribution is -0.125. The van der Waals surface area contributed by atoms with Gasteiger partial charge in [-0.1, -0.05) is 19.1 Å². The fourth-order valence-electron chi connectivity index (χ4n) is 3.74. The second kappa shape index (κ2) is 8.29. The second-order valence-electron chi connectivity index (χ2n) is 7.78. The van der Waals surface area contributed by atoms with Crippen molar-refractivity contribution in [3.8, 4) is 5.75 Å². The van der Waals surface area contributed by atoms with Gasteiger partial charge in [0.25, 0.3) is 5.56 Å². The van der Waals surface area contributed by atoms with Crippen LogP contribution in [0.15, 0.2) is 51.9 Å². The maximum Gasteiger partial charge on any atom is 0.291 e. The lowest BCUT2D eigenvalue weighted by Crippen LogP contribution is -2.39. The molecule has 162 valence electrons. The van der Waals surface area contributed by atoms with E-state index >= 15 is 0 Å². The van der Waals surface area contributed by atoms with E-state index in [2.05, 4.69) is 10.4 Å². The molecule has 0 aliphatic rings. The van der Waals surface area contributed by atoms with Gasteiger partial charge in [0.2, 0.25) is 5.91 Å². The summed E-state index contributed by atoms with van der Waals surface area (Å²) in [6, 6.07) is 10.4. The Morgan fingerprint density at radius 3 is 2.61 bits per heavy atom. The van der Waals surface area contributed by atoms with Crippen molar-refractivity contribution in [3.63, 3.8) is 0 Å². The molecule has 0 aliphatic carbocycles. The SMILES string of the molecule is CCC(C(=O)NCc1ccc(OC(C)C)cc1)n1nc(C)n2c(cc3occc32)c1=O. The van der Waals surface area contributed by atoms with Gasteiger partial charge in [-0.3, -0.25) is 14.0 Å². The minimum absolute atomic E-state index is 0.104. The second-order valence-corrected chi connectivity index (χ2v) is 7.78. The van der Waals surface area contributed by atoms with Crippen molar-refractivity contribution in [2.24, 2.45) is 0 Å². The molecule has 1 N–H and O–H groups in total. The van der Waals surface area contributed by atoms with Crippen LogP contribution in [0.5, 0.6) is 5.75 Å². The van der Waals surface area contributed by atoms with Crippen LogP contribution in [0.1, 0.15) is 44.6 Å². The predicted octanol–water partition coefficient (Wildman–Crippen LogP) is 3.61. The summed E-state index contributed by atoms with van der Waals surface area (Å²) in [5.74, 6) is 1.14. The first-order valence-corrected chi connectivity index (χ1v) is 10.4. The highest BCUT2D eigenvalue weighted by atomic mass is 16.5. The molecule has 0 spiro atoms. The summed E-state index contributed by atoms with van der Waals surface area (Å²) < 4.78 is 14.1. The van der Waals surface area contributed by atoms with Gasteiger partial charge < -0.3 is 14.5 Å². The number of ether oxygens (including phenoxy) is 1. The highest BCUT2D eigenvalue weighted by Crippen LogP contribution is 2.21. The summed E-state index contributed by atoms with van der Waals surface area (Å²) >= 11 is 0. The van der Waals surface area contributed by atoms with E-state index in [0.717, 1.165) is 16.8 Å². The van der Waals surface area contributed by atoms with Gasteiger partial charge in [-0.05, 0) is 44.9 Å². The number of carbonyl (C=O) groups is 1. The Labute approximate surface area is 179 Å². The van der Waals surface area contributed by atoms with Crippen molar-refractivity contribution in [1.82, 2.24) is 19.5 Å². The first-order chi connectivity index (χ1) is 14.9. The zero-order valence-electron chi connectivity index (χ0n) is 18.1. The Morgan fingerprint density at radius 2 is 1.94 bits per heavy atom. The maximum atomic E-state index is 13.1. The van der Waals surface area contributed by atoms with Gasteiger partial charge in [-0.15, -0.1) is 0 Å². The van der Waals surface area contributed by atoms with Crippen LogP contribution in [0.25, 0.3) is 16.6 Å². The molecule has 3 heterocycles. The largest absolute Gasteiger partial charge is 0.491 e. The Bertz CT molecular complexity index is 1280. The fraction of sp³-hybridized carbons (Fsp3) is 0.348. The van der Waals surface area contributed by atoms with Gasteiger partial charge in [-0.2, -0.15) is 5.10 Å². The topological polar surface area (TPSA) is 90.8 Å². The summed E-state index contributed by atoms with van der Waals surface area (Å²) in [6.45, 7) is 7.96. The van der Waals surface area contributed by atoms with Crippen molar-refractivity contribution in [3.05, 3.63) is 64.4 Å². The molecular formula is C23H26N4O4. The number of carbonyl (C=O) groups excluding carboxylic acids is 1. The number of nitrogens with zero attached hydrogens (tertiary/aromatic N) is 3. The van der Waals surface area contributed by atoms with Crippen LogP contribution in [0.2, 0.25) is 0 Å². The Hall–Kier alpha value is -3.55. The van der Waals surface area contributed by atoms with Crippen LogP contribution >= 0.6 is 0 Å². The summed E-state index contributed by atoms with van der Waals surface area (Å²) in [5.41, 5.74) is 2.45. The number of benzene rings is 1.